The molecule has 0 saturated carbocycles. The Hall–Kier alpha value is -2.19. The van der Waals surface area contributed by atoms with Gasteiger partial charge in [-0.05, 0) is 56.5 Å². The average Bonchev–Trinajstić information content (AvgIpc) is 2.94. The molecule has 1 aliphatic rings. The summed E-state index contributed by atoms with van der Waals surface area (Å²) in [6, 6.07) is 9.38. The Bertz CT molecular complexity index is 688. The van der Waals surface area contributed by atoms with E-state index in [0.29, 0.717) is 23.9 Å². The van der Waals surface area contributed by atoms with Gasteiger partial charge in [-0.1, -0.05) is 19.4 Å². The summed E-state index contributed by atoms with van der Waals surface area (Å²) < 4.78 is 5.79. The molecule has 2 aromatic rings. The first kappa shape index (κ1) is 15.7. The number of aromatic nitrogens is 2. The number of rotatable bonds is 4. The maximum Gasteiger partial charge on any atom is 0.247 e. The Labute approximate surface area is 136 Å². The molecule has 1 aliphatic heterocycles. The minimum Gasteiger partial charge on any atom is -0.419 e. The number of hydrogen-bond acceptors (Lipinski definition) is 5. The zero-order valence-electron chi connectivity index (χ0n) is 13.5. The first-order valence-electron chi connectivity index (χ1n) is 8.33. The van der Waals surface area contributed by atoms with Crippen molar-refractivity contribution in [2.75, 3.05) is 13.1 Å². The highest BCUT2D eigenvalue weighted by molar-refractivity contribution is 5.55. The van der Waals surface area contributed by atoms with Gasteiger partial charge in [-0.25, -0.2) is 0 Å². The predicted octanol–water partition coefficient (Wildman–Crippen LogP) is 3.62. The summed E-state index contributed by atoms with van der Waals surface area (Å²) in [5.41, 5.74) is 1.39. The molecule has 1 fully saturated rings. The maximum atomic E-state index is 8.98. The summed E-state index contributed by atoms with van der Waals surface area (Å²) in [6.45, 7) is 5.18. The van der Waals surface area contributed by atoms with E-state index in [1.165, 1.54) is 25.7 Å². The van der Waals surface area contributed by atoms with Crippen LogP contribution in [0.4, 0.5) is 0 Å². The lowest BCUT2D eigenvalue weighted by Crippen LogP contribution is -2.24. The summed E-state index contributed by atoms with van der Waals surface area (Å²) >= 11 is 0. The SMILES string of the molecule is CCC1CCCN(Cc2nnc(-c3cccc(C#N)c3)o2)CC1. The third-order valence-electron chi connectivity index (χ3n) is 4.58. The largest absolute Gasteiger partial charge is 0.419 e. The Balaban J connectivity index is 1.66. The van der Waals surface area contributed by atoms with Crippen molar-refractivity contribution in [3.63, 3.8) is 0 Å². The van der Waals surface area contributed by atoms with E-state index in [4.69, 9.17) is 9.68 Å². The highest BCUT2D eigenvalue weighted by Gasteiger charge is 2.18. The van der Waals surface area contributed by atoms with Gasteiger partial charge in [0.25, 0.3) is 0 Å². The molecule has 0 amide bonds. The molecule has 1 unspecified atom stereocenters. The maximum absolute atomic E-state index is 8.98. The van der Waals surface area contributed by atoms with E-state index >= 15 is 0 Å². The molecule has 1 saturated heterocycles. The molecule has 1 aromatic heterocycles. The van der Waals surface area contributed by atoms with Gasteiger partial charge in [-0.15, -0.1) is 10.2 Å². The molecule has 23 heavy (non-hydrogen) atoms. The van der Waals surface area contributed by atoms with E-state index in [1.54, 1.807) is 12.1 Å². The van der Waals surface area contributed by atoms with Crippen LogP contribution in [-0.2, 0) is 6.54 Å². The highest BCUT2D eigenvalue weighted by Crippen LogP contribution is 2.23. The van der Waals surface area contributed by atoms with Crippen LogP contribution in [0.25, 0.3) is 11.5 Å². The van der Waals surface area contributed by atoms with Gasteiger partial charge < -0.3 is 4.42 Å². The second-order valence-electron chi connectivity index (χ2n) is 6.17. The third kappa shape index (κ3) is 3.96. The van der Waals surface area contributed by atoms with Gasteiger partial charge in [0, 0.05) is 5.56 Å². The van der Waals surface area contributed by atoms with E-state index in [0.717, 1.165) is 24.6 Å². The lowest BCUT2D eigenvalue weighted by atomic mass is 9.98. The van der Waals surface area contributed by atoms with Crippen molar-refractivity contribution >= 4 is 0 Å². The lowest BCUT2D eigenvalue weighted by molar-refractivity contribution is 0.245. The Kier molecular flexibility index (Phi) is 5.04. The van der Waals surface area contributed by atoms with Gasteiger partial charge in [0.2, 0.25) is 11.8 Å². The molecule has 0 radical (unpaired) electrons. The highest BCUT2D eigenvalue weighted by atomic mass is 16.4. The predicted molar refractivity (Wildman–Crippen MR) is 87.4 cm³/mol. The van der Waals surface area contributed by atoms with Crippen LogP contribution in [0.15, 0.2) is 28.7 Å². The van der Waals surface area contributed by atoms with Crippen LogP contribution in [0.5, 0.6) is 0 Å². The number of nitrogens with zero attached hydrogens (tertiary/aromatic N) is 4. The summed E-state index contributed by atoms with van der Waals surface area (Å²) in [7, 11) is 0. The number of hydrogen-bond donors (Lipinski definition) is 0. The van der Waals surface area contributed by atoms with Crippen molar-refractivity contribution in [3.8, 4) is 17.5 Å². The smallest absolute Gasteiger partial charge is 0.247 e. The molecule has 1 atom stereocenters. The molecule has 0 aliphatic carbocycles. The van der Waals surface area contributed by atoms with Crippen LogP contribution in [-0.4, -0.2) is 28.2 Å². The molecule has 120 valence electrons. The van der Waals surface area contributed by atoms with Crippen molar-refractivity contribution in [2.45, 2.75) is 39.2 Å². The van der Waals surface area contributed by atoms with Gasteiger partial charge in [-0.3, -0.25) is 4.90 Å². The Morgan fingerprint density at radius 2 is 2.22 bits per heavy atom. The first-order valence-corrected chi connectivity index (χ1v) is 8.33. The van der Waals surface area contributed by atoms with Crippen molar-refractivity contribution in [1.82, 2.24) is 15.1 Å². The average molecular weight is 310 g/mol. The fourth-order valence-electron chi connectivity index (χ4n) is 3.14. The fraction of sp³-hybridized carbons (Fsp3) is 0.500. The van der Waals surface area contributed by atoms with Crippen LogP contribution in [0.2, 0.25) is 0 Å². The van der Waals surface area contributed by atoms with Gasteiger partial charge in [0.15, 0.2) is 0 Å². The minimum atomic E-state index is 0.485. The second kappa shape index (κ2) is 7.38. The molecular weight excluding hydrogens is 288 g/mol. The summed E-state index contributed by atoms with van der Waals surface area (Å²) in [4.78, 5) is 2.40. The van der Waals surface area contributed by atoms with Crippen LogP contribution < -0.4 is 0 Å². The molecule has 2 heterocycles. The van der Waals surface area contributed by atoms with E-state index < -0.39 is 0 Å². The lowest BCUT2D eigenvalue weighted by Gasteiger charge is -2.17. The topological polar surface area (TPSA) is 66.0 Å². The van der Waals surface area contributed by atoms with E-state index in [1.807, 2.05) is 12.1 Å². The molecule has 5 nitrogen and oxygen atoms in total. The van der Waals surface area contributed by atoms with Gasteiger partial charge in [-0.2, -0.15) is 5.26 Å². The minimum absolute atomic E-state index is 0.485. The second-order valence-corrected chi connectivity index (χ2v) is 6.17. The van der Waals surface area contributed by atoms with Crippen LogP contribution >= 0.6 is 0 Å². The van der Waals surface area contributed by atoms with Gasteiger partial charge in [0.1, 0.15) is 0 Å². The van der Waals surface area contributed by atoms with Gasteiger partial charge in [0.05, 0.1) is 18.2 Å². The quantitative estimate of drug-likeness (QED) is 0.863. The third-order valence-corrected chi connectivity index (χ3v) is 4.58. The normalized spacial score (nSPS) is 19.2. The van der Waals surface area contributed by atoms with Crippen molar-refractivity contribution < 1.29 is 4.42 Å². The first-order chi connectivity index (χ1) is 11.3. The molecule has 1 aromatic carbocycles. The van der Waals surface area contributed by atoms with Gasteiger partial charge >= 0.3 is 0 Å². The number of nitriles is 1. The van der Waals surface area contributed by atoms with Crippen molar-refractivity contribution in [2.24, 2.45) is 5.92 Å². The number of benzene rings is 1. The molecular formula is C18H22N4O. The van der Waals surface area contributed by atoms with E-state index in [9.17, 15) is 0 Å². The summed E-state index contributed by atoms with van der Waals surface area (Å²) in [5, 5.41) is 17.3. The molecule has 5 heteroatoms. The Morgan fingerprint density at radius 3 is 3.04 bits per heavy atom. The van der Waals surface area contributed by atoms with Crippen LogP contribution in [0.1, 0.15) is 44.1 Å². The zero-order chi connectivity index (χ0) is 16.1. The molecule has 3 rings (SSSR count). The zero-order valence-corrected chi connectivity index (χ0v) is 13.5. The van der Waals surface area contributed by atoms with Crippen molar-refractivity contribution in [3.05, 3.63) is 35.7 Å². The summed E-state index contributed by atoms with van der Waals surface area (Å²) in [5.74, 6) is 1.99. The molecule has 0 bridgehead atoms. The van der Waals surface area contributed by atoms with Crippen LogP contribution in [0.3, 0.4) is 0 Å². The molecule has 0 spiro atoms. The van der Waals surface area contributed by atoms with Crippen LogP contribution in [0, 0.1) is 17.2 Å². The molecule has 0 N–H and O–H groups in total. The number of likely N-dealkylation sites (tertiary alicyclic amines) is 1. The monoisotopic (exact) mass is 310 g/mol. The van der Waals surface area contributed by atoms with Crippen molar-refractivity contribution in [1.29, 1.82) is 5.26 Å². The van der Waals surface area contributed by atoms with E-state index in [-0.39, 0.29) is 0 Å². The fourth-order valence-corrected chi connectivity index (χ4v) is 3.14. The summed E-state index contributed by atoms with van der Waals surface area (Å²) in [6.07, 6.45) is 5.09. The standard InChI is InChI=1S/C18H22N4O/c1-2-14-6-4-9-22(10-8-14)13-17-20-21-18(23-17)16-7-3-5-15(11-16)12-19/h3,5,7,11,14H,2,4,6,8-10,13H2,1H3. The Morgan fingerprint density at radius 1 is 1.30 bits per heavy atom. The van der Waals surface area contributed by atoms with E-state index in [2.05, 4.69) is 28.1 Å².